The zero-order chi connectivity index (χ0) is 16.7. The number of nitrogens with zero attached hydrogens (tertiary/aromatic N) is 3. The van der Waals surface area contributed by atoms with Crippen LogP contribution in [-0.4, -0.2) is 54.1 Å². The van der Waals surface area contributed by atoms with E-state index in [4.69, 9.17) is 0 Å². The molecular formula is C17H22N4O2. The van der Waals surface area contributed by atoms with Crippen LogP contribution < -0.4 is 5.32 Å². The molecule has 23 heavy (non-hydrogen) atoms. The largest absolute Gasteiger partial charge is 0.351 e. The summed E-state index contributed by atoms with van der Waals surface area (Å²) in [7, 11) is 0. The fourth-order valence-corrected chi connectivity index (χ4v) is 2.55. The molecule has 0 fully saturated rings. The Morgan fingerprint density at radius 2 is 2.13 bits per heavy atom. The summed E-state index contributed by atoms with van der Waals surface area (Å²) in [5, 5.41) is 2.84. The average molecular weight is 314 g/mol. The van der Waals surface area contributed by atoms with Gasteiger partial charge in [0.25, 0.3) is 5.91 Å². The van der Waals surface area contributed by atoms with Gasteiger partial charge in [-0.1, -0.05) is 6.08 Å². The predicted octanol–water partition coefficient (Wildman–Crippen LogP) is 1.31. The van der Waals surface area contributed by atoms with Gasteiger partial charge in [-0.15, -0.1) is 0 Å². The lowest BCUT2D eigenvalue weighted by atomic mass is 9.84. The highest BCUT2D eigenvalue weighted by atomic mass is 16.2. The maximum absolute atomic E-state index is 12.9. The maximum atomic E-state index is 12.9. The number of pyridine rings is 1. The fraction of sp³-hybridized carbons (Fsp3) is 0.412. The second-order valence-electron chi connectivity index (χ2n) is 5.41. The van der Waals surface area contributed by atoms with Crippen LogP contribution in [0.1, 0.15) is 24.2 Å². The molecule has 6 heteroatoms. The molecule has 1 atom stereocenters. The van der Waals surface area contributed by atoms with Crippen LogP contribution in [0.4, 0.5) is 0 Å². The molecule has 0 saturated heterocycles. The van der Waals surface area contributed by atoms with Crippen molar-refractivity contribution in [2.45, 2.75) is 13.8 Å². The monoisotopic (exact) mass is 314 g/mol. The van der Waals surface area contributed by atoms with E-state index in [1.165, 1.54) is 6.20 Å². The molecule has 1 N–H and O–H groups in total. The van der Waals surface area contributed by atoms with Crippen LogP contribution in [0.25, 0.3) is 0 Å². The molecular weight excluding hydrogens is 292 g/mol. The number of carbonyl (C=O) groups excluding carboxylic acids is 2. The summed E-state index contributed by atoms with van der Waals surface area (Å²) in [5.74, 6) is -0.255. The molecule has 1 aromatic heterocycles. The third-order valence-electron chi connectivity index (χ3n) is 3.94. The molecule has 0 aliphatic carbocycles. The van der Waals surface area contributed by atoms with Crippen molar-refractivity contribution in [3.8, 4) is 0 Å². The standard InChI is InChI=1S/C17H22N4O2/c1-3-21(4-2)16(23)17(8-6-10-19-12-17)13-20-15(22)14-7-5-9-18-11-14/h5-11H,3-4,12-13H2,1-2H3,(H,20,22). The van der Waals surface area contributed by atoms with Gasteiger partial charge in [-0.2, -0.15) is 0 Å². The van der Waals surface area contributed by atoms with Gasteiger partial charge >= 0.3 is 0 Å². The zero-order valence-electron chi connectivity index (χ0n) is 13.5. The Kier molecular flexibility index (Phi) is 5.62. The van der Waals surface area contributed by atoms with Gasteiger partial charge in [-0.05, 0) is 32.1 Å². The fourth-order valence-electron chi connectivity index (χ4n) is 2.55. The van der Waals surface area contributed by atoms with Crippen LogP contribution in [0.3, 0.4) is 0 Å². The Hall–Kier alpha value is -2.50. The minimum absolute atomic E-state index is 0.0120. The third kappa shape index (κ3) is 3.83. The minimum Gasteiger partial charge on any atom is -0.351 e. The van der Waals surface area contributed by atoms with E-state index < -0.39 is 5.41 Å². The molecule has 2 rings (SSSR count). The molecule has 122 valence electrons. The second-order valence-corrected chi connectivity index (χ2v) is 5.41. The number of allylic oxidation sites excluding steroid dienone is 1. The number of aromatic nitrogens is 1. The summed E-state index contributed by atoms with van der Waals surface area (Å²) in [6.07, 6.45) is 8.39. The third-order valence-corrected chi connectivity index (χ3v) is 3.94. The highest BCUT2D eigenvalue weighted by Gasteiger charge is 2.39. The van der Waals surface area contributed by atoms with E-state index in [9.17, 15) is 9.59 Å². The SMILES string of the molecule is CCN(CC)C(=O)C1(CNC(=O)c2cccnc2)C=CC=NC1. The zero-order valence-corrected chi connectivity index (χ0v) is 13.5. The van der Waals surface area contributed by atoms with E-state index in [2.05, 4.69) is 15.3 Å². The summed E-state index contributed by atoms with van der Waals surface area (Å²) in [6, 6.07) is 3.40. The molecule has 2 amide bonds. The smallest absolute Gasteiger partial charge is 0.252 e. The van der Waals surface area contributed by atoms with Crippen molar-refractivity contribution in [2.75, 3.05) is 26.2 Å². The van der Waals surface area contributed by atoms with Crippen molar-refractivity contribution in [1.82, 2.24) is 15.2 Å². The molecule has 1 aromatic rings. The Morgan fingerprint density at radius 3 is 2.70 bits per heavy atom. The average Bonchev–Trinajstić information content (AvgIpc) is 2.62. The Bertz CT molecular complexity index is 608. The second kappa shape index (κ2) is 7.67. The van der Waals surface area contributed by atoms with E-state index in [1.54, 1.807) is 35.5 Å². The Labute approximate surface area is 136 Å². The van der Waals surface area contributed by atoms with Crippen molar-refractivity contribution in [3.63, 3.8) is 0 Å². The summed E-state index contributed by atoms with van der Waals surface area (Å²) >= 11 is 0. The first kappa shape index (κ1) is 16.9. The molecule has 1 aliphatic rings. The van der Waals surface area contributed by atoms with Gasteiger partial charge in [0, 0.05) is 38.2 Å². The molecule has 0 bridgehead atoms. The molecule has 1 unspecified atom stereocenters. The molecule has 6 nitrogen and oxygen atoms in total. The highest BCUT2D eigenvalue weighted by molar-refractivity contribution is 5.95. The number of dihydropyridines is 1. The molecule has 0 radical (unpaired) electrons. The van der Waals surface area contributed by atoms with E-state index in [0.717, 1.165) is 0 Å². The topological polar surface area (TPSA) is 74.7 Å². The van der Waals surface area contributed by atoms with Gasteiger partial charge in [0.05, 0.1) is 12.1 Å². The van der Waals surface area contributed by atoms with Crippen LogP contribution in [0.5, 0.6) is 0 Å². The van der Waals surface area contributed by atoms with Crippen molar-refractivity contribution in [1.29, 1.82) is 0 Å². The minimum atomic E-state index is -0.821. The maximum Gasteiger partial charge on any atom is 0.252 e. The number of nitrogens with one attached hydrogen (secondary N) is 1. The van der Waals surface area contributed by atoms with Crippen molar-refractivity contribution in [3.05, 3.63) is 42.2 Å². The number of hydrogen-bond acceptors (Lipinski definition) is 4. The van der Waals surface area contributed by atoms with Crippen molar-refractivity contribution >= 4 is 18.0 Å². The van der Waals surface area contributed by atoms with E-state index in [0.29, 0.717) is 25.2 Å². The number of hydrogen-bond donors (Lipinski definition) is 1. The molecule has 0 saturated carbocycles. The summed E-state index contributed by atoms with van der Waals surface area (Å²) in [4.78, 5) is 35.0. The predicted molar refractivity (Wildman–Crippen MR) is 89.4 cm³/mol. The van der Waals surface area contributed by atoms with Crippen molar-refractivity contribution < 1.29 is 9.59 Å². The lowest BCUT2D eigenvalue weighted by Gasteiger charge is -2.34. The quantitative estimate of drug-likeness (QED) is 0.860. The van der Waals surface area contributed by atoms with Crippen LogP contribution in [0.15, 0.2) is 41.7 Å². The first-order chi connectivity index (χ1) is 11.1. The number of amides is 2. The van der Waals surface area contributed by atoms with Gasteiger partial charge in [-0.3, -0.25) is 19.6 Å². The van der Waals surface area contributed by atoms with Crippen LogP contribution in [0.2, 0.25) is 0 Å². The van der Waals surface area contributed by atoms with Gasteiger partial charge in [0.1, 0.15) is 5.41 Å². The van der Waals surface area contributed by atoms with Crippen LogP contribution in [0, 0.1) is 5.41 Å². The number of carbonyl (C=O) groups is 2. The Morgan fingerprint density at radius 1 is 1.35 bits per heavy atom. The highest BCUT2D eigenvalue weighted by Crippen LogP contribution is 2.25. The van der Waals surface area contributed by atoms with Gasteiger partial charge < -0.3 is 10.2 Å². The van der Waals surface area contributed by atoms with E-state index in [-0.39, 0.29) is 18.4 Å². The van der Waals surface area contributed by atoms with Gasteiger partial charge in [0.15, 0.2) is 0 Å². The van der Waals surface area contributed by atoms with E-state index in [1.807, 2.05) is 19.9 Å². The lowest BCUT2D eigenvalue weighted by Crippen LogP contribution is -2.51. The summed E-state index contributed by atoms with van der Waals surface area (Å²) in [6.45, 7) is 5.70. The summed E-state index contributed by atoms with van der Waals surface area (Å²) < 4.78 is 0. The summed E-state index contributed by atoms with van der Waals surface area (Å²) in [5.41, 5.74) is -0.347. The molecule has 1 aliphatic heterocycles. The number of aliphatic imine (C=N–C) groups is 1. The van der Waals surface area contributed by atoms with Crippen molar-refractivity contribution in [2.24, 2.45) is 10.4 Å². The first-order valence-corrected chi connectivity index (χ1v) is 7.78. The van der Waals surface area contributed by atoms with Gasteiger partial charge in [0.2, 0.25) is 5.91 Å². The van der Waals surface area contributed by atoms with E-state index >= 15 is 0 Å². The van der Waals surface area contributed by atoms with Gasteiger partial charge in [-0.25, -0.2) is 0 Å². The lowest BCUT2D eigenvalue weighted by molar-refractivity contribution is -0.138. The first-order valence-electron chi connectivity index (χ1n) is 7.78. The Balaban J connectivity index is 2.13. The van der Waals surface area contributed by atoms with Crippen LogP contribution in [-0.2, 0) is 4.79 Å². The molecule has 2 heterocycles. The molecule has 0 aromatic carbocycles. The molecule has 0 spiro atoms. The normalized spacial score (nSPS) is 19.4. The van der Waals surface area contributed by atoms with Crippen LogP contribution >= 0.6 is 0 Å². The number of rotatable bonds is 6.